The lowest BCUT2D eigenvalue weighted by Crippen LogP contribution is -2.50. The normalized spacial score (nSPS) is 35.5. The zero-order valence-electron chi connectivity index (χ0n) is 13.0. The molecule has 0 saturated heterocycles. The van der Waals surface area contributed by atoms with Crippen LogP contribution in [0, 0.1) is 5.92 Å². The first-order valence-electron chi connectivity index (χ1n) is 8.47. The van der Waals surface area contributed by atoms with Crippen molar-refractivity contribution in [3.8, 4) is 5.75 Å². The number of ketones is 1. The number of amidine groups is 1. The van der Waals surface area contributed by atoms with Crippen molar-refractivity contribution in [1.82, 2.24) is 0 Å². The van der Waals surface area contributed by atoms with Crippen molar-refractivity contribution in [3.63, 3.8) is 0 Å². The predicted octanol–water partition coefficient (Wildman–Crippen LogP) is 2.95. The number of thioether (sulfide) groups is 1. The van der Waals surface area contributed by atoms with Crippen LogP contribution in [-0.2, 0) is 10.3 Å². The van der Waals surface area contributed by atoms with E-state index in [0.717, 1.165) is 23.5 Å². The second-order valence-electron chi connectivity index (χ2n) is 7.24. The molecule has 0 bridgehead atoms. The molecule has 1 aromatic carbocycles. The van der Waals surface area contributed by atoms with Gasteiger partial charge in [0, 0.05) is 30.1 Å². The lowest BCUT2D eigenvalue weighted by atomic mass is 9.68. The number of aliphatic imine (C=N–C) groups is 1. The first-order chi connectivity index (χ1) is 11.2. The molecule has 2 aliphatic carbocycles. The Morgan fingerprint density at radius 3 is 2.91 bits per heavy atom. The minimum atomic E-state index is -0.367. The third kappa shape index (κ3) is 2.05. The Bertz CT molecular complexity index is 728. The third-order valence-electron chi connectivity index (χ3n) is 5.76. The van der Waals surface area contributed by atoms with Gasteiger partial charge in [0.05, 0.1) is 0 Å². The first kappa shape index (κ1) is 13.9. The zero-order valence-corrected chi connectivity index (χ0v) is 13.8. The molecule has 4 nitrogen and oxygen atoms in total. The maximum absolute atomic E-state index is 12.1. The highest BCUT2D eigenvalue weighted by molar-refractivity contribution is 8.14. The van der Waals surface area contributed by atoms with Gasteiger partial charge in [-0.2, -0.15) is 0 Å². The number of carbonyl (C=O) groups excluding carboxylic acids is 1. The Morgan fingerprint density at radius 2 is 2.17 bits per heavy atom. The van der Waals surface area contributed by atoms with Crippen LogP contribution in [0.5, 0.6) is 5.75 Å². The summed E-state index contributed by atoms with van der Waals surface area (Å²) >= 11 is 1.61. The van der Waals surface area contributed by atoms with Crippen LogP contribution in [0.3, 0.4) is 0 Å². The molecular weight excluding hydrogens is 308 g/mol. The summed E-state index contributed by atoms with van der Waals surface area (Å²) < 4.78 is 6.29. The summed E-state index contributed by atoms with van der Waals surface area (Å²) in [5.74, 6) is 2.93. The second-order valence-corrected chi connectivity index (χ2v) is 8.23. The van der Waals surface area contributed by atoms with Crippen LogP contribution in [-0.4, -0.2) is 22.8 Å². The second kappa shape index (κ2) is 4.76. The Morgan fingerprint density at radius 1 is 1.30 bits per heavy atom. The number of nitrogens with two attached hydrogens (primary N) is 1. The number of benzene rings is 1. The van der Waals surface area contributed by atoms with Gasteiger partial charge in [-0.05, 0) is 42.9 Å². The van der Waals surface area contributed by atoms with Crippen LogP contribution in [0.2, 0.25) is 0 Å². The molecule has 0 radical (unpaired) electrons. The van der Waals surface area contributed by atoms with Gasteiger partial charge in [-0.3, -0.25) is 4.79 Å². The lowest BCUT2D eigenvalue weighted by Gasteiger charge is -2.46. The van der Waals surface area contributed by atoms with Gasteiger partial charge in [0.2, 0.25) is 0 Å². The van der Waals surface area contributed by atoms with E-state index >= 15 is 0 Å². The van der Waals surface area contributed by atoms with Crippen molar-refractivity contribution in [2.24, 2.45) is 16.6 Å². The van der Waals surface area contributed by atoms with Crippen LogP contribution in [0.25, 0.3) is 0 Å². The Balaban J connectivity index is 1.67. The Labute approximate surface area is 139 Å². The van der Waals surface area contributed by atoms with E-state index in [0.29, 0.717) is 29.7 Å². The van der Waals surface area contributed by atoms with Crippen molar-refractivity contribution in [3.05, 3.63) is 29.3 Å². The molecule has 2 saturated carbocycles. The summed E-state index contributed by atoms with van der Waals surface area (Å²) in [4.78, 5) is 17.0. The van der Waals surface area contributed by atoms with Gasteiger partial charge >= 0.3 is 0 Å². The van der Waals surface area contributed by atoms with Gasteiger partial charge in [-0.15, -0.1) is 0 Å². The fourth-order valence-electron chi connectivity index (χ4n) is 4.40. The number of fused-ring (bicyclic) bond motifs is 4. The van der Waals surface area contributed by atoms with Gasteiger partial charge in [-0.25, -0.2) is 4.99 Å². The molecule has 1 unspecified atom stereocenters. The molecule has 4 aliphatic rings. The van der Waals surface area contributed by atoms with Crippen molar-refractivity contribution in [2.75, 3.05) is 5.75 Å². The summed E-state index contributed by atoms with van der Waals surface area (Å²) in [5, 5.41) is 0.645. The number of nitrogens with zero attached hydrogens (tertiary/aromatic N) is 1. The van der Waals surface area contributed by atoms with E-state index in [1.165, 1.54) is 18.4 Å². The summed E-state index contributed by atoms with van der Waals surface area (Å²) in [5.41, 5.74) is 8.23. The van der Waals surface area contributed by atoms with Crippen molar-refractivity contribution in [1.29, 1.82) is 0 Å². The average Bonchev–Trinajstić information content (AvgIpc) is 3.32. The van der Waals surface area contributed by atoms with Gasteiger partial charge in [0.1, 0.15) is 23.2 Å². The summed E-state index contributed by atoms with van der Waals surface area (Å²) in [6.45, 7) is 0. The number of hydrogen-bond acceptors (Lipinski definition) is 5. The van der Waals surface area contributed by atoms with Gasteiger partial charge in [0.25, 0.3) is 0 Å². The lowest BCUT2D eigenvalue weighted by molar-refractivity contribution is -0.126. The molecule has 2 aliphatic heterocycles. The Kier molecular flexibility index (Phi) is 2.88. The maximum Gasteiger partial charge on any atom is 0.154 e. The number of Topliss-reactive ketones (excluding diaryl/α,β-unsaturated/α-hetero) is 1. The molecule has 2 fully saturated rings. The average molecular weight is 328 g/mol. The van der Waals surface area contributed by atoms with Crippen molar-refractivity contribution < 1.29 is 9.53 Å². The highest BCUT2D eigenvalue weighted by atomic mass is 32.2. The van der Waals surface area contributed by atoms with Crippen LogP contribution in [0.15, 0.2) is 23.2 Å². The summed E-state index contributed by atoms with van der Waals surface area (Å²) in [7, 11) is 0. The largest absolute Gasteiger partial charge is 0.490 e. The van der Waals surface area contributed by atoms with E-state index in [2.05, 4.69) is 18.2 Å². The molecular formula is C18H20N2O2S. The molecule has 5 rings (SSSR count). The highest BCUT2D eigenvalue weighted by Gasteiger charge is 2.54. The van der Waals surface area contributed by atoms with E-state index in [9.17, 15) is 4.79 Å². The number of carbonyl (C=O) groups is 1. The third-order valence-corrected chi connectivity index (χ3v) is 6.74. The topological polar surface area (TPSA) is 64.7 Å². The van der Waals surface area contributed by atoms with Crippen LogP contribution in [0.4, 0.5) is 0 Å². The molecule has 1 spiro atoms. The van der Waals surface area contributed by atoms with Gasteiger partial charge in [0.15, 0.2) is 5.17 Å². The van der Waals surface area contributed by atoms with Crippen LogP contribution >= 0.6 is 11.8 Å². The van der Waals surface area contributed by atoms with E-state index in [1.54, 1.807) is 11.8 Å². The van der Waals surface area contributed by atoms with Crippen molar-refractivity contribution in [2.45, 2.75) is 49.7 Å². The molecule has 5 heteroatoms. The maximum atomic E-state index is 12.1. The molecule has 23 heavy (non-hydrogen) atoms. The molecule has 3 atom stereocenters. The Hall–Kier alpha value is -1.49. The fourth-order valence-corrected chi connectivity index (χ4v) is 5.43. The van der Waals surface area contributed by atoms with Gasteiger partial charge in [-0.1, -0.05) is 17.8 Å². The molecule has 0 aromatic heterocycles. The minimum absolute atomic E-state index is 0.0854. The number of hydrogen-bond donors (Lipinski definition) is 1. The predicted molar refractivity (Wildman–Crippen MR) is 90.9 cm³/mol. The minimum Gasteiger partial charge on any atom is -0.490 e. The molecule has 2 N–H and O–H groups in total. The monoisotopic (exact) mass is 328 g/mol. The molecule has 2 heterocycles. The summed E-state index contributed by atoms with van der Waals surface area (Å²) in [6.07, 6.45) is 4.63. The fraction of sp³-hybridized carbons (Fsp3) is 0.556. The number of ether oxygens (including phenoxy) is 1. The molecule has 1 aromatic rings. The van der Waals surface area contributed by atoms with E-state index in [1.807, 2.05) is 0 Å². The zero-order chi connectivity index (χ0) is 15.6. The first-order valence-corrected chi connectivity index (χ1v) is 9.45. The highest BCUT2D eigenvalue weighted by Crippen LogP contribution is 2.55. The van der Waals surface area contributed by atoms with E-state index < -0.39 is 0 Å². The smallest absolute Gasteiger partial charge is 0.154 e. The SMILES string of the molecule is NC1=NC2(CS1)c1cc(C3CC3)ccc1O[C@H]1CCC(=O)C[C@@H]12. The van der Waals surface area contributed by atoms with Gasteiger partial charge < -0.3 is 10.5 Å². The van der Waals surface area contributed by atoms with E-state index in [-0.39, 0.29) is 17.6 Å². The standard InChI is InChI=1S/C18H20N2O2S/c19-17-20-18(9-23-17)13-7-11(10-1-2-10)3-5-15(13)22-16-6-4-12(21)8-14(16)18/h3,5,7,10,14,16H,1-2,4,6,8-9H2,(H2,19,20)/t14-,16-,18?/m0/s1. The van der Waals surface area contributed by atoms with Crippen molar-refractivity contribution >= 4 is 22.7 Å². The summed E-state index contributed by atoms with van der Waals surface area (Å²) in [6, 6.07) is 6.60. The van der Waals surface area contributed by atoms with E-state index in [4.69, 9.17) is 15.5 Å². The quantitative estimate of drug-likeness (QED) is 0.861. The van der Waals surface area contributed by atoms with Crippen LogP contribution < -0.4 is 10.5 Å². The molecule has 120 valence electrons. The number of rotatable bonds is 1. The molecule has 0 amide bonds. The van der Waals surface area contributed by atoms with Crippen LogP contribution in [0.1, 0.15) is 49.1 Å².